The number of hydrogen-bond acceptors (Lipinski definition) is 7. The van der Waals surface area contributed by atoms with Crippen molar-refractivity contribution in [1.82, 2.24) is 20.9 Å². The second-order valence-corrected chi connectivity index (χ2v) is 18.4. The molecule has 11 rings (SSSR count). The van der Waals surface area contributed by atoms with E-state index in [2.05, 4.69) is 98.5 Å². The number of hydrogen-bond donors (Lipinski definition) is 4. The van der Waals surface area contributed by atoms with E-state index in [-0.39, 0.29) is 36.3 Å². The van der Waals surface area contributed by atoms with Gasteiger partial charge in [0.15, 0.2) is 6.29 Å². The molecule has 3 heterocycles. The lowest BCUT2D eigenvalue weighted by molar-refractivity contribution is -0.253. The number of carbonyl (C=O) groups excluding carboxylic acids is 2. The predicted molar refractivity (Wildman–Crippen MR) is 227 cm³/mol. The van der Waals surface area contributed by atoms with Crippen molar-refractivity contribution in [3.63, 3.8) is 0 Å². The first-order chi connectivity index (χ1) is 28.8. The van der Waals surface area contributed by atoms with Crippen LogP contribution in [-0.4, -0.2) is 65.4 Å². The summed E-state index contributed by atoms with van der Waals surface area (Å²) in [6.07, 6.45) is 8.77. The van der Waals surface area contributed by atoms with Gasteiger partial charge >= 0.3 is 6.03 Å². The van der Waals surface area contributed by atoms with Crippen LogP contribution in [0.3, 0.4) is 0 Å². The number of piperidine rings is 1. The second kappa shape index (κ2) is 16.0. The molecule has 0 unspecified atom stereocenters. The van der Waals surface area contributed by atoms with E-state index in [1.165, 1.54) is 19.3 Å². The molecule has 4 aromatic rings. The normalized spacial score (nSPS) is 29.7. The van der Waals surface area contributed by atoms with Crippen LogP contribution in [0.1, 0.15) is 92.4 Å². The molecule has 3 amide bonds. The molecule has 0 aromatic heterocycles. The van der Waals surface area contributed by atoms with Crippen molar-refractivity contribution in [2.24, 2.45) is 17.8 Å². The van der Waals surface area contributed by atoms with E-state index < -0.39 is 11.8 Å². The summed E-state index contributed by atoms with van der Waals surface area (Å²) in [6.45, 7) is 3.31. The number of urea groups is 1. The Morgan fingerprint density at radius 1 is 0.763 bits per heavy atom. The summed E-state index contributed by atoms with van der Waals surface area (Å²) >= 11 is 0. The molecule has 59 heavy (non-hydrogen) atoms. The minimum absolute atomic E-state index is 0.00453. The molecule has 7 fully saturated rings. The quantitative estimate of drug-likeness (QED) is 0.131. The molecule has 10 heteroatoms. The SMILES string of the molecule is O=C(NCc1cccc(-c2cccc([C@@H]3O[C@H](CN4CCC5(CC4)C(=O)NCN5c4ccccc4)C[C@H](c4ccc(CO)cc4)O3)c2)c1)NC12CC3CC(CC(C3)C1)C2. The van der Waals surface area contributed by atoms with E-state index >= 15 is 0 Å². The zero-order chi connectivity index (χ0) is 40.0. The van der Waals surface area contributed by atoms with Gasteiger partial charge in [0.25, 0.3) is 0 Å². The highest BCUT2D eigenvalue weighted by molar-refractivity contribution is 5.93. The van der Waals surface area contributed by atoms with Crippen LogP contribution in [-0.2, 0) is 27.4 Å². The summed E-state index contributed by atoms with van der Waals surface area (Å²) < 4.78 is 13.6. The Morgan fingerprint density at radius 3 is 2.17 bits per heavy atom. The van der Waals surface area contributed by atoms with Crippen LogP contribution in [0.2, 0.25) is 0 Å². The molecule has 4 saturated carbocycles. The molecule has 1 spiro atoms. The molecule has 4 bridgehead atoms. The van der Waals surface area contributed by atoms with Crippen LogP contribution < -0.4 is 20.9 Å². The van der Waals surface area contributed by atoms with E-state index in [0.29, 0.717) is 19.6 Å². The number of likely N-dealkylation sites (tertiary alicyclic amines) is 1. The number of para-hydroxylation sites is 1. The van der Waals surface area contributed by atoms with Gasteiger partial charge in [-0.05, 0) is 121 Å². The van der Waals surface area contributed by atoms with E-state index in [9.17, 15) is 14.7 Å². The summed E-state index contributed by atoms with van der Waals surface area (Å²) in [5.41, 5.74) is 6.57. The Kier molecular flexibility index (Phi) is 10.4. The number of aliphatic hydroxyl groups is 1. The molecule has 0 radical (unpaired) electrons. The van der Waals surface area contributed by atoms with E-state index in [0.717, 1.165) is 109 Å². The number of rotatable bonds is 10. The third-order valence-corrected chi connectivity index (χ3v) is 14.5. The Labute approximate surface area is 347 Å². The molecular formula is C49H57N5O5. The fraction of sp³-hybridized carbons (Fsp3) is 0.469. The molecular weight excluding hydrogens is 739 g/mol. The molecule has 308 valence electrons. The number of ether oxygens (including phenoxy) is 2. The van der Waals surface area contributed by atoms with Crippen molar-refractivity contribution in [2.45, 2.75) is 101 Å². The molecule has 3 atom stereocenters. The van der Waals surface area contributed by atoms with Gasteiger partial charge in [0, 0.05) is 49.4 Å². The monoisotopic (exact) mass is 795 g/mol. The van der Waals surface area contributed by atoms with Gasteiger partial charge in [0.05, 0.1) is 25.5 Å². The van der Waals surface area contributed by atoms with Gasteiger partial charge in [-0.1, -0.05) is 78.9 Å². The number of aliphatic hydroxyl groups excluding tert-OH is 1. The minimum Gasteiger partial charge on any atom is -0.392 e. The third kappa shape index (κ3) is 7.88. The fourth-order valence-electron chi connectivity index (χ4n) is 11.9. The van der Waals surface area contributed by atoms with E-state index in [1.807, 2.05) is 30.3 Å². The molecule has 10 nitrogen and oxygen atoms in total. The van der Waals surface area contributed by atoms with Crippen molar-refractivity contribution in [3.8, 4) is 11.1 Å². The Balaban J connectivity index is 0.821. The summed E-state index contributed by atoms with van der Waals surface area (Å²) in [7, 11) is 0. The highest BCUT2D eigenvalue weighted by atomic mass is 16.7. The van der Waals surface area contributed by atoms with Gasteiger partial charge in [0.1, 0.15) is 5.54 Å². The van der Waals surface area contributed by atoms with Gasteiger partial charge < -0.3 is 40.3 Å². The van der Waals surface area contributed by atoms with Gasteiger partial charge in [-0.25, -0.2) is 4.79 Å². The highest BCUT2D eigenvalue weighted by Gasteiger charge is 2.52. The predicted octanol–water partition coefficient (Wildman–Crippen LogP) is 7.59. The summed E-state index contributed by atoms with van der Waals surface area (Å²) in [5.74, 6) is 2.47. The molecule has 4 aromatic carbocycles. The zero-order valence-corrected chi connectivity index (χ0v) is 33.9. The van der Waals surface area contributed by atoms with Gasteiger partial charge in [-0.2, -0.15) is 0 Å². The standard InChI is InChI=1S/C49H57N5O5/c55-31-33-12-14-38(15-13-33)44-25-43(30-53-18-16-49(17-19-53)46(56)51-32-54(49)42-10-2-1-3-11-42)58-45(59-44)41-9-5-8-40(24-41)39-7-4-6-34(23-39)29-50-47(57)52-48-26-35-20-36(27-48)22-37(21-35)28-48/h1-15,23-24,35-37,43-45,55H,16-22,25-32H2,(H,51,56)(H2,50,52,57)/t35?,36?,37?,43-,44+,45+,48?/m0/s1. The zero-order valence-electron chi connectivity index (χ0n) is 33.9. The van der Waals surface area contributed by atoms with Crippen molar-refractivity contribution < 1.29 is 24.2 Å². The maximum atomic E-state index is 13.3. The Bertz CT molecular complexity index is 2100. The maximum absolute atomic E-state index is 13.3. The number of nitrogens with one attached hydrogen (secondary N) is 3. The third-order valence-electron chi connectivity index (χ3n) is 14.5. The van der Waals surface area contributed by atoms with Crippen LogP contribution in [0.5, 0.6) is 0 Å². The molecule has 3 aliphatic heterocycles. The first-order valence-electron chi connectivity index (χ1n) is 21.9. The smallest absolute Gasteiger partial charge is 0.315 e. The molecule has 3 saturated heterocycles. The van der Waals surface area contributed by atoms with Crippen LogP contribution in [0.4, 0.5) is 10.5 Å². The van der Waals surface area contributed by atoms with Gasteiger partial charge in [-0.3, -0.25) is 4.79 Å². The summed E-state index contributed by atoms with van der Waals surface area (Å²) in [6, 6.07) is 35.0. The number of nitrogens with zero attached hydrogens (tertiary/aromatic N) is 2. The van der Waals surface area contributed by atoms with Crippen LogP contribution in [0.25, 0.3) is 11.1 Å². The summed E-state index contributed by atoms with van der Waals surface area (Å²) in [5, 5.41) is 19.5. The highest BCUT2D eigenvalue weighted by Crippen LogP contribution is 2.55. The Morgan fingerprint density at radius 2 is 1.46 bits per heavy atom. The maximum Gasteiger partial charge on any atom is 0.315 e. The molecule has 7 aliphatic rings. The lowest BCUT2D eigenvalue weighted by atomic mass is 9.53. The second-order valence-electron chi connectivity index (χ2n) is 18.4. The van der Waals surface area contributed by atoms with Crippen molar-refractivity contribution in [1.29, 1.82) is 0 Å². The lowest BCUT2D eigenvalue weighted by Gasteiger charge is -2.56. The lowest BCUT2D eigenvalue weighted by Crippen LogP contribution is -2.61. The van der Waals surface area contributed by atoms with Crippen molar-refractivity contribution >= 4 is 17.6 Å². The topological polar surface area (TPSA) is 115 Å². The van der Waals surface area contributed by atoms with Gasteiger partial charge in [0.2, 0.25) is 5.91 Å². The fourth-order valence-corrected chi connectivity index (χ4v) is 11.9. The Hall–Kier alpha value is -4.74. The van der Waals surface area contributed by atoms with Crippen molar-refractivity contribution in [3.05, 3.63) is 125 Å². The number of amides is 3. The molecule has 4 N–H and O–H groups in total. The van der Waals surface area contributed by atoms with Crippen LogP contribution in [0, 0.1) is 17.8 Å². The van der Waals surface area contributed by atoms with Crippen LogP contribution >= 0.6 is 0 Å². The largest absolute Gasteiger partial charge is 0.392 e. The van der Waals surface area contributed by atoms with E-state index in [1.54, 1.807) is 0 Å². The summed E-state index contributed by atoms with van der Waals surface area (Å²) in [4.78, 5) is 31.3. The van der Waals surface area contributed by atoms with Crippen LogP contribution in [0.15, 0.2) is 103 Å². The number of carbonyl (C=O) groups is 2. The van der Waals surface area contributed by atoms with Gasteiger partial charge in [-0.15, -0.1) is 0 Å². The number of benzene rings is 4. The van der Waals surface area contributed by atoms with Crippen molar-refractivity contribution in [2.75, 3.05) is 31.2 Å². The van der Waals surface area contributed by atoms with E-state index in [4.69, 9.17) is 9.47 Å². The number of anilines is 1. The first kappa shape index (κ1) is 38.5. The molecule has 4 aliphatic carbocycles. The minimum atomic E-state index is -0.584. The average molecular weight is 796 g/mol. The first-order valence-corrected chi connectivity index (χ1v) is 21.9. The average Bonchev–Trinajstić information content (AvgIpc) is 3.57.